The van der Waals surface area contributed by atoms with E-state index in [1.54, 1.807) is 0 Å². The lowest BCUT2D eigenvalue weighted by molar-refractivity contribution is -0.126. The van der Waals surface area contributed by atoms with Crippen molar-refractivity contribution in [1.82, 2.24) is 15.8 Å². The fraction of sp³-hybridized carbons (Fsp3) is 0.875. The van der Waals surface area contributed by atoms with Crippen LogP contribution in [0.4, 0.5) is 0 Å². The Bertz CT molecular complexity index is 143. The number of hydrogen-bond acceptors (Lipinski definition) is 3. The highest BCUT2D eigenvalue weighted by molar-refractivity contribution is 5.75. The van der Waals surface area contributed by atoms with Crippen LogP contribution in [0.25, 0.3) is 0 Å². The smallest absolute Gasteiger partial charge is 0.234 e. The second kappa shape index (κ2) is 5.11. The van der Waals surface area contributed by atoms with Crippen LogP contribution < -0.4 is 10.7 Å². The van der Waals surface area contributed by atoms with Crippen LogP contribution in [0.1, 0.15) is 19.8 Å². The number of carbonyl (C=O) groups is 1. The molecule has 0 saturated carbocycles. The van der Waals surface area contributed by atoms with Crippen LogP contribution in [0, 0.1) is 0 Å². The van der Waals surface area contributed by atoms with Gasteiger partial charge in [0.15, 0.2) is 0 Å². The van der Waals surface area contributed by atoms with E-state index in [4.69, 9.17) is 0 Å². The molecule has 4 heteroatoms. The summed E-state index contributed by atoms with van der Waals surface area (Å²) >= 11 is 0. The van der Waals surface area contributed by atoms with Crippen molar-refractivity contribution in [3.05, 3.63) is 0 Å². The zero-order valence-corrected chi connectivity index (χ0v) is 7.60. The van der Waals surface area contributed by atoms with Gasteiger partial charge < -0.3 is 5.32 Å². The standard InChI is InChI=1S/C8H17N3O/c1-2-3-8(12)10-11-6-4-9-5-7-11/h9H,2-7H2,1H3,(H,10,12). The molecule has 1 aliphatic rings. The molecule has 1 amide bonds. The molecule has 0 aliphatic carbocycles. The molecule has 4 nitrogen and oxygen atoms in total. The van der Waals surface area contributed by atoms with E-state index in [0.29, 0.717) is 6.42 Å². The Balaban J connectivity index is 2.15. The number of amides is 1. The Morgan fingerprint density at radius 2 is 2.17 bits per heavy atom. The Morgan fingerprint density at radius 1 is 1.50 bits per heavy atom. The van der Waals surface area contributed by atoms with Crippen molar-refractivity contribution in [2.75, 3.05) is 26.2 Å². The first-order valence-corrected chi connectivity index (χ1v) is 4.58. The molecule has 0 radical (unpaired) electrons. The Kier molecular flexibility index (Phi) is 4.04. The van der Waals surface area contributed by atoms with Crippen LogP contribution in [0.2, 0.25) is 0 Å². The first-order chi connectivity index (χ1) is 5.83. The van der Waals surface area contributed by atoms with Crippen molar-refractivity contribution in [2.45, 2.75) is 19.8 Å². The van der Waals surface area contributed by atoms with E-state index >= 15 is 0 Å². The highest BCUT2D eigenvalue weighted by Gasteiger charge is 2.10. The minimum absolute atomic E-state index is 0.138. The zero-order chi connectivity index (χ0) is 8.81. The lowest BCUT2D eigenvalue weighted by Gasteiger charge is -2.27. The molecule has 0 aromatic heterocycles. The number of piperazine rings is 1. The van der Waals surface area contributed by atoms with Gasteiger partial charge in [0.05, 0.1) is 0 Å². The largest absolute Gasteiger partial charge is 0.314 e. The van der Waals surface area contributed by atoms with Crippen molar-refractivity contribution in [3.8, 4) is 0 Å². The quantitative estimate of drug-likeness (QED) is 0.614. The van der Waals surface area contributed by atoms with E-state index in [2.05, 4.69) is 10.7 Å². The minimum atomic E-state index is 0.138. The predicted molar refractivity (Wildman–Crippen MR) is 47.5 cm³/mol. The molecule has 1 heterocycles. The minimum Gasteiger partial charge on any atom is -0.314 e. The van der Waals surface area contributed by atoms with E-state index in [9.17, 15) is 4.79 Å². The SMILES string of the molecule is CCCC(=O)NN1CCNCC1. The molecule has 0 aromatic rings. The van der Waals surface area contributed by atoms with Crippen molar-refractivity contribution < 1.29 is 4.79 Å². The molecule has 70 valence electrons. The van der Waals surface area contributed by atoms with Gasteiger partial charge in [-0.15, -0.1) is 0 Å². The van der Waals surface area contributed by atoms with Gasteiger partial charge in [0.2, 0.25) is 5.91 Å². The van der Waals surface area contributed by atoms with Gasteiger partial charge in [-0.05, 0) is 6.42 Å². The number of rotatable bonds is 3. The molecular weight excluding hydrogens is 154 g/mol. The third-order valence-corrected chi connectivity index (χ3v) is 1.88. The van der Waals surface area contributed by atoms with E-state index in [1.165, 1.54) is 0 Å². The van der Waals surface area contributed by atoms with Gasteiger partial charge in [-0.3, -0.25) is 10.2 Å². The Morgan fingerprint density at radius 3 is 2.75 bits per heavy atom. The fourth-order valence-corrected chi connectivity index (χ4v) is 1.24. The fourth-order valence-electron chi connectivity index (χ4n) is 1.24. The normalized spacial score (nSPS) is 19.1. The maximum Gasteiger partial charge on any atom is 0.234 e. The lowest BCUT2D eigenvalue weighted by atomic mass is 10.3. The Labute approximate surface area is 73.3 Å². The number of hydrogen-bond donors (Lipinski definition) is 2. The summed E-state index contributed by atoms with van der Waals surface area (Å²) in [6.45, 7) is 5.76. The van der Waals surface area contributed by atoms with Crippen LogP contribution >= 0.6 is 0 Å². The van der Waals surface area contributed by atoms with Gasteiger partial charge in [0, 0.05) is 32.6 Å². The first kappa shape index (κ1) is 9.48. The van der Waals surface area contributed by atoms with Gasteiger partial charge in [0.25, 0.3) is 0 Å². The number of carbonyl (C=O) groups excluding carboxylic acids is 1. The van der Waals surface area contributed by atoms with Gasteiger partial charge >= 0.3 is 0 Å². The maximum atomic E-state index is 11.1. The van der Waals surface area contributed by atoms with E-state index < -0.39 is 0 Å². The average Bonchev–Trinajstić information content (AvgIpc) is 2.06. The molecule has 2 N–H and O–H groups in total. The van der Waals surface area contributed by atoms with Crippen molar-refractivity contribution in [3.63, 3.8) is 0 Å². The maximum absolute atomic E-state index is 11.1. The molecule has 0 spiro atoms. The molecule has 0 bridgehead atoms. The summed E-state index contributed by atoms with van der Waals surface area (Å²) in [6, 6.07) is 0. The second-order valence-corrected chi connectivity index (χ2v) is 3.02. The van der Waals surface area contributed by atoms with Crippen LogP contribution in [0.5, 0.6) is 0 Å². The van der Waals surface area contributed by atoms with Gasteiger partial charge in [-0.2, -0.15) is 0 Å². The van der Waals surface area contributed by atoms with Crippen molar-refractivity contribution in [2.24, 2.45) is 0 Å². The number of hydrazine groups is 1. The summed E-state index contributed by atoms with van der Waals surface area (Å²) in [5.41, 5.74) is 2.87. The summed E-state index contributed by atoms with van der Waals surface area (Å²) in [7, 11) is 0. The van der Waals surface area contributed by atoms with E-state index in [1.807, 2.05) is 11.9 Å². The summed E-state index contributed by atoms with van der Waals surface area (Å²) in [6.07, 6.45) is 1.54. The number of nitrogens with one attached hydrogen (secondary N) is 2. The molecule has 1 fully saturated rings. The van der Waals surface area contributed by atoms with Crippen LogP contribution in [-0.2, 0) is 4.79 Å². The van der Waals surface area contributed by atoms with Crippen LogP contribution in [-0.4, -0.2) is 37.1 Å². The molecule has 0 atom stereocenters. The summed E-state index contributed by atoms with van der Waals surface area (Å²) in [5, 5.41) is 5.21. The van der Waals surface area contributed by atoms with Crippen LogP contribution in [0.3, 0.4) is 0 Å². The topological polar surface area (TPSA) is 44.4 Å². The Hall–Kier alpha value is -0.610. The molecular formula is C8H17N3O. The molecule has 0 unspecified atom stereocenters. The first-order valence-electron chi connectivity index (χ1n) is 4.58. The molecule has 1 rings (SSSR count). The van der Waals surface area contributed by atoms with Crippen molar-refractivity contribution in [1.29, 1.82) is 0 Å². The summed E-state index contributed by atoms with van der Waals surface area (Å²) < 4.78 is 0. The molecule has 1 saturated heterocycles. The third kappa shape index (κ3) is 3.19. The van der Waals surface area contributed by atoms with Crippen LogP contribution in [0.15, 0.2) is 0 Å². The van der Waals surface area contributed by atoms with E-state index in [-0.39, 0.29) is 5.91 Å². The number of nitrogens with zero attached hydrogens (tertiary/aromatic N) is 1. The second-order valence-electron chi connectivity index (χ2n) is 3.02. The predicted octanol–water partition coefficient (Wildman–Crippen LogP) is -0.277. The van der Waals surface area contributed by atoms with Crippen molar-refractivity contribution >= 4 is 5.91 Å². The molecule has 0 aromatic carbocycles. The molecule has 12 heavy (non-hydrogen) atoms. The average molecular weight is 171 g/mol. The van der Waals surface area contributed by atoms with Gasteiger partial charge in [0.1, 0.15) is 0 Å². The zero-order valence-electron chi connectivity index (χ0n) is 7.60. The summed E-state index contributed by atoms with van der Waals surface area (Å²) in [5.74, 6) is 0.138. The highest BCUT2D eigenvalue weighted by atomic mass is 16.2. The summed E-state index contributed by atoms with van der Waals surface area (Å²) in [4.78, 5) is 11.1. The highest BCUT2D eigenvalue weighted by Crippen LogP contribution is 1.90. The molecule has 1 aliphatic heterocycles. The lowest BCUT2D eigenvalue weighted by Crippen LogP contribution is -2.52. The third-order valence-electron chi connectivity index (χ3n) is 1.88. The van der Waals surface area contributed by atoms with Gasteiger partial charge in [-0.25, -0.2) is 5.01 Å². The van der Waals surface area contributed by atoms with E-state index in [0.717, 1.165) is 32.6 Å². The van der Waals surface area contributed by atoms with Gasteiger partial charge in [-0.1, -0.05) is 6.92 Å². The monoisotopic (exact) mass is 171 g/mol.